The molecule has 3 aromatic rings. The van der Waals surface area contributed by atoms with Crippen LogP contribution in [-0.4, -0.2) is 22.1 Å². The standard InChI is InChI=1S/C21H18BrN3O2/c1-3-11-27-20(26)18-13(2)23-21-24-16-9-4-5-10-17(16)25(21)19(18)14-7-6-8-15(22)12-14/h3-10,12,19H,1,11H2,2H3,(H,23,24)/t19-/m0/s1. The molecule has 0 spiro atoms. The summed E-state index contributed by atoms with van der Waals surface area (Å²) in [5, 5.41) is 3.26. The van der Waals surface area contributed by atoms with E-state index in [-0.39, 0.29) is 18.6 Å². The first-order chi connectivity index (χ1) is 13.1. The van der Waals surface area contributed by atoms with Crippen LogP contribution in [-0.2, 0) is 9.53 Å². The van der Waals surface area contributed by atoms with Gasteiger partial charge in [0.2, 0.25) is 5.95 Å². The molecule has 1 atom stereocenters. The highest BCUT2D eigenvalue weighted by atomic mass is 79.9. The summed E-state index contributed by atoms with van der Waals surface area (Å²) in [5.41, 5.74) is 4.09. The van der Waals surface area contributed by atoms with Crippen LogP contribution in [0.25, 0.3) is 11.0 Å². The maximum atomic E-state index is 12.9. The molecule has 136 valence electrons. The zero-order chi connectivity index (χ0) is 19.0. The number of aromatic nitrogens is 2. The van der Waals surface area contributed by atoms with Crippen molar-refractivity contribution < 1.29 is 9.53 Å². The second kappa shape index (κ2) is 7.04. The molecule has 2 aromatic carbocycles. The number of para-hydroxylation sites is 2. The quantitative estimate of drug-likeness (QED) is 0.482. The predicted octanol–water partition coefficient (Wildman–Crippen LogP) is 4.82. The highest BCUT2D eigenvalue weighted by Gasteiger charge is 2.34. The van der Waals surface area contributed by atoms with E-state index in [0.717, 1.165) is 26.8 Å². The molecule has 0 fully saturated rings. The molecule has 4 rings (SSSR count). The van der Waals surface area contributed by atoms with Gasteiger partial charge < -0.3 is 10.1 Å². The minimum Gasteiger partial charge on any atom is -0.458 e. The third-order valence-electron chi connectivity index (χ3n) is 4.55. The molecule has 0 unspecified atom stereocenters. The number of fused-ring (bicyclic) bond motifs is 3. The molecule has 1 aliphatic rings. The van der Waals surface area contributed by atoms with Gasteiger partial charge in [-0.2, -0.15) is 0 Å². The van der Waals surface area contributed by atoms with Gasteiger partial charge in [-0.1, -0.05) is 52.9 Å². The fourth-order valence-corrected chi connectivity index (χ4v) is 3.85. The molecular weight excluding hydrogens is 406 g/mol. The van der Waals surface area contributed by atoms with Crippen molar-refractivity contribution in [3.05, 3.63) is 82.5 Å². The minimum atomic E-state index is -0.367. The number of nitrogens with one attached hydrogen (secondary N) is 1. The van der Waals surface area contributed by atoms with Crippen molar-refractivity contribution in [2.75, 3.05) is 11.9 Å². The Kier molecular flexibility index (Phi) is 4.58. The number of esters is 1. The molecule has 0 bridgehead atoms. The normalized spacial score (nSPS) is 16.0. The Morgan fingerprint density at radius 3 is 2.93 bits per heavy atom. The van der Waals surface area contributed by atoms with Crippen LogP contribution in [0.15, 0.2) is 76.9 Å². The minimum absolute atomic E-state index is 0.165. The Labute approximate surface area is 165 Å². The Bertz CT molecular complexity index is 1080. The van der Waals surface area contributed by atoms with E-state index in [0.29, 0.717) is 11.5 Å². The van der Waals surface area contributed by atoms with Crippen molar-refractivity contribution in [2.24, 2.45) is 0 Å². The molecule has 1 aliphatic heterocycles. The Morgan fingerprint density at radius 2 is 2.15 bits per heavy atom. The lowest BCUT2D eigenvalue weighted by Gasteiger charge is -2.30. The van der Waals surface area contributed by atoms with E-state index >= 15 is 0 Å². The van der Waals surface area contributed by atoms with E-state index in [1.54, 1.807) is 6.08 Å². The van der Waals surface area contributed by atoms with Crippen LogP contribution in [0.5, 0.6) is 0 Å². The van der Waals surface area contributed by atoms with Gasteiger partial charge in [0.25, 0.3) is 0 Å². The lowest BCUT2D eigenvalue weighted by Crippen LogP contribution is -2.29. The van der Waals surface area contributed by atoms with Gasteiger partial charge in [-0.15, -0.1) is 0 Å². The summed E-state index contributed by atoms with van der Waals surface area (Å²) >= 11 is 3.54. The fraction of sp³-hybridized carbons (Fsp3) is 0.143. The number of carbonyl (C=O) groups excluding carboxylic acids is 1. The van der Waals surface area contributed by atoms with Crippen LogP contribution >= 0.6 is 15.9 Å². The number of benzene rings is 2. The SMILES string of the molecule is C=CCOC(=O)C1=C(C)Nc2nc3ccccc3n2[C@H]1c1cccc(Br)c1. The van der Waals surface area contributed by atoms with E-state index < -0.39 is 0 Å². The highest BCUT2D eigenvalue weighted by Crippen LogP contribution is 2.40. The monoisotopic (exact) mass is 423 g/mol. The number of hydrogen-bond donors (Lipinski definition) is 1. The summed E-state index contributed by atoms with van der Waals surface area (Å²) in [6.07, 6.45) is 1.57. The van der Waals surface area contributed by atoms with Crippen molar-refractivity contribution in [3.8, 4) is 0 Å². The lowest BCUT2D eigenvalue weighted by atomic mass is 9.95. The van der Waals surface area contributed by atoms with Gasteiger partial charge in [0.1, 0.15) is 6.61 Å². The molecule has 0 amide bonds. The van der Waals surface area contributed by atoms with E-state index in [1.165, 1.54) is 0 Å². The third-order valence-corrected chi connectivity index (χ3v) is 5.04. The number of hydrogen-bond acceptors (Lipinski definition) is 4. The van der Waals surface area contributed by atoms with Gasteiger partial charge in [-0.3, -0.25) is 4.57 Å². The second-order valence-corrected chi connectivity index (χ2v) is 7.22. The van der Waals surface area contributed by atoms with Gasteiger partial charge in [-0.05, 0) is 36.8 Å². The molecule has 0 aliphatic carbocycles. The molecular formula is C21H18BrN3O2. The van der Waals surface area contributed by atoms with Crippen molar-refractivity contribution in [3.63, 3.8) is 0 Å². The number of nitrogens with zero attached hydrogens (tertiary/aromatic N) is 2. The van der Waals surface area contributed by atoms with E-state index in [9.17, 15) is 4.79 Å². The third kappa shape index (κ3) is 3.06. The largest absolute Gasteiger partial charge is 0.458 e. The zero-order valence-electron chi connectivity index (χ0n) is 14.8. The van der Waals surface area contributed by atoms with Gasteiger partial charge in [0.15, 0.2) is 0 Å². The molecule has 6 heteroatoms. The van der Waals surface area contributed by atoms with Crippen LogP contribution < -0.4 is 5.32 Å². The summed E-state index contributed by atoms with van der Waals surface area (Å²) in [7, 11) is 0. The summed E-state index contributed by atoms with van der Waals surface area (Å²) in [5.74, 6) is 0.340. The van der Waals surface area contributed by atoms with E-state index in [4.69, 9.17) is 9.72 Å². The number of imidazole rings is 1. The second-order valence-electron chi connectivity index (χ2n) is 6.30. The van der Waals surface area contributed by atoms with Crippen molar-refractivity contribution >= 4 is 38.9 Å². The van der Waals surface area contributed by atoms with E-state index in [2.05, 4.69) is 32.4 Å². The fourth-order valence-electron chi connectivity index (χ4n) is 3.43. The van der Waals surface area contributed by atoms with Crippen molar-refractivity contribution in [1.82, 2.24) is 9.55 Å². The molecule has 1 aromatic heterocycles. The van der Waals surface area contributed by atoms with Crippen LogP contribution in [0.4, 0.5) is 5.95 Å². The Hall–Kier alpha value is -2.86. The maximum absolute atomic E-state index is 12.9. The zero-order valence-corrected chi connectivity index (χ0v) is 16.4. The summed E-state index contributed by atoms with van der Waals surface area (Å²) in [6, 6.07) is 15.5. The van der Waals surface area contributed by atoms with Crippen LogP contribution in [0, 0.1) is 0 Å². The summed E-state index contributed by atoms with van der Waals surface area (Å²) < 4.78 is 8.38. The Morgan fingerprint density at radius 1 is 1.33 bits per heavy atom. The average molecular weight is 424 g/mol. The summed E-state index contributed by atoms with van der Waals surface area (Å²) in [6.45, 7) is 5.66. The first kappa shape index (κ1) is 17.5. The number of ether oxygens (including phenoxy) is 1. The van der Waals surface area contributed by atoms with Crippen LogP contribution in [0.1, 0.15) is 18.5 Å². The maximum Gasteiger partial charge on any atom is 0.338 e. The molecule has 5 nitrogen and oxygen atoms in total. The van der Waals surface area contributed by atoms with Gasteiger partial charge in [0.05, 0.1) is 22.6 Å². The number of halogens is 1. The number of anilines is 1. The Balaban J connectivity index is 1.95. The lowest BCUT2D eigenvalue weighted by molar-refractivity contribution is -0.138. The number of allylic oxidation sites excluding steroid dienone is 1. The van der Waals surface area contributed by atoms with Gasteiger partial charge >= 0.3 is 5.97 Å². The van der Waals surface area contributed by atoms with Crippen molar-refractivity contribution in [1.29, 1.82) is 0 Å². The topological polar surface area (TPSA) is 56.1 Å². The van der Waals surface area contributed by atoms with Crippen LogP contribution in [0.2, 0.25) is 0 Å². The number of rotatable bonds is 4. The predicted molar refractivity (Wildman–Crippen MR) is 109 cm³/mol. The van der Waals surface area contributed by atoms with Gasteiger partial charge in [0, 0.05) is 10.2 Å². The summed E-state index contributed by atoms with van der Waals surface area (Å²) in [4.78, 5) is 17.6. The molecule has 1 N–H and O–H groups in total. The molecule has 0 saturated carbocycles. The smallest absolute Gasteiger partial charge is 0.338 e. The first-order valence-electron chi connectivity index (χ1n) is 8.58. The van der Waals surface area contributed by atoms with E-state index in [1.807, 2.05) is 55.5 Å². The van der Waals surface area contributed by atoms with Crippen molar-refractivity contribution in [2.45, 2.75) is 13.0 Å². The van der Waals surface area contributed by atoms with Crippen LogP contribution in [0.3, 0.4) is 0 Å². The highest BCUT2D eigenvalue weighted by molar-refractivity contribution is 9.10. The molecule has 0 radical (unpaired) electrons. The average Bonchev–Trinajstić information content (AvgIpc) is 3.02. The number of carbonyl (C=O) groups is 1. The molecule has 0 saturated heterocycles. The molecule has 27 heavy (non-hydrogen) atoms. The first-order valence-corrected chi connectivity index (χ1v) is 9.37. The van der Waals surface area contributed by atoms with Gasteiger partial charge in [-0.25, -0.2) is 9.78 Å². The molecule has 2 heterocycles.